The van der Waals surface area contributed by atoms with Crippen molar-refractivity contribution in [2.45, 2.75) is 13.1 Å². The zero-order valence-corrected chi connectivity index (χ0v) is 19.2. The molecule has 0 saturated carbocycles. The van der Waals surface area contributed by atoms with E-state index in [1.54, 1.807) is 12.1 Å². The van der Waals surface area contributed by atoms with E-state index in [1.165, 1.54) is 34.7 Å². The van der Waals surface area contributed by atoms with Crippen molar-refractivity contribution in [2.24, 2.45) is 0 Å². The van der Waals surface area contributed by atoms with Gasteiger partial charge in [-0.1, -0.05) is 30.3 Å². The van der Waals surface area contributed by atoms with Gasteiger partial charge in [-0.3, -0.25) is 9.69 Å². The standard InChI is InChI=1S/C25H25FN4O2S/c1-29(14-18-4-2-3-5-21(18)30-10-12-32-13-11-30)15-22-27-24(31)23-20(16-33-25(23)28-22)17-6-8-19(26)9-7-17/h2-9,16H,10-15H2,1H3,(H,27,28,31). The number of H-pyrrole nitrogens is 1. The highest BCUT2D eigenvalue weighted by molar-refractivity contribution is 7.17. The second-order valence-corrected chi connectivity index (χ2v) is 9.11. The van der Waals surface area contributed by atoms with Crippen LogP contribution in [-0.4, -0.2) is 48.2 Å². The molecule has 0 radical (unpaired) electrons. The zero-order chi connectivity index (χ0) is 22.8. The molecule has 2 aromatic carbocycles. The fraction of sp³-hybridized carbons (Fsp3) is 0.280. The summed E-state index contributed by atoms with van der Waals surface area (Å²) in [5.41, 5.74) is 3.88. The topological polar surface area (TPSA) is 61.5 Å². The predicted octanol–water partition coefficient (Wildman–Crippen LogP) is 4.26. The average molecular weight is 465 g/mol. The Morgan fingerprint density at radius 1 is 1.12 bits per heavy atom. The van der Waals surface area contributed by atoms with Crippen molar-refractivity contribution in [1.82, 2.24) is 14.9 Å². The molecule has 0 amide bonds. The quantitative estimate of drug-likeness (QED) is 0.462. The van der Waals surface area contributed by atoms with Gasteiger partial charge < -0.3 is 14.6 Å². The third kappa shape index (κ3) is 4.68. The van der Waals surface area contributed by atoms with E-state index in [9.17, 15) is 9.18 Å². The molecule has 3 heterocycles. The molecule has 1 fully saturated rings. The van der Waals surface area contributed by atoms with E-state index in [4.69, 9.17) is 9.72 Å². The van der Waals surface area contributed by atoms with Gasteiger partial charge >= 0.3 is 0 Å². The summed E-state index contributed by atoms with van der Waals surface area (Å²) in [5, 5.41) is 2.46. The molecule has 2 aromatic heterocycles. The Morgan fingerprint density at radius 3 is 2.67 bits per heavy atom. The number of hydrogen-bond acceptors (Lipinski definition) is 6. The minimum absolute atomic E-state index is 0.169. The second kappa shape index (κ2) is 9.43. The lowest BCUT2D eigenvalue weighted by Crippen LogP contribution is -2.37. The van der Waals surface area contributed by atoms with Crippen molar-refractivity contribution < 1.29 is 9.13 Å². The summed E-state index contributed by atoms with van der Waals surface area (Å²) >= 11 is 1.43. The number of benzene rings is 2. The van der Waals surface area contributed by atoms with Crippen molar-refractivity contribution in [3.05, 3.63) is 81.5 Å². The Balaban J connectivity index is 1.36. The Kier molecular flexibility index (Phi) is 6.22. The molecule has 5 rings (SSSR count). The highest BCUT2D eigenvalue weighted by Gasteiger charge is 2.17. The number of nitrogens with zero attached hydrogens (tertiary/aromatic N) is 3. The van der Waals surface area contributed by atoms with Gasteiger partial charge in [0.15, 0.2) is 0 Å². The lowest BCUT2D eigenvalue weighted by molar-refractivity contribution is 0.122. The number of aromatic amines is 1. The van der Waals surface area contributed by atoms with E-state index in [0.29, 0.717) is 22.6 Å². The molecule has 4 aromatic rings. The highest BCUT2D eigenvalue weighted by atomic mass is 32.1. The summed E-state index contributed by atoms with van der Waals surface area (Å²) in [4.78, 5) is 25.8. The van der Waals surface area contributed by atoms with Gasteiger partial charge in [0.1, 0.15) is 16.5 Å². The number of hydrogen-bond donors (Lipinski definition) is 1. The third-order valence-corrected chi connectivity index (χ3v) is 6.72. The van der Waals surface area contributed by atoms with Gasteiger partial charge in [-0.15, -0.1) is 11.3 Å². The second-order valence-electron chi connectivity index (χ2n) is 8.25. The van der Waals surface area contributed by atoms with Crippen LogP contribution in [0.15, 0.2) is 58.7 Å². The molecular formula is C25H25FN4O2S. The van der Waals surface area contributed by atoms with Gasteiger partial charge in [0.25, 0.3) is 5.56 Å². The van der Waals surface area contributed by atoms with Gasteiger partial charge in [-0.05, 0) is 36.4 Å². The minimum Gasteiger partial charge on any atom is -0.378 e. The van der Waals surface area contributed by atoms with Crippen LogP contribution in [0.25, 0.3) is 21.3 Å². The fourth-order valence-corrected chi connectivity index (χ4v) is 5.24. The molecule has 33 heavy (non-hydrogen) atoms. The zero-order valence-electron chi connectivity index (χ0n) is 18.4. The summed E-state index contributed by atoms with van der Waals surface area (Å²) in [6.45, 7) is 4.53. The maximum absolute atomic E-state index is 13.3. The number of ether oxygens (including phenoxy) is 1. The average Bonchev–Trinajstić information content (AvgIpc) is 3.25. The Morgan fingerprint density at radius 2 is 1.88 bits per heavy atom. The molecule has 1 saturated heterocycles. The number of fused-ring (bicyclic) bond motifs is 1. The Hall–Kier alpha value is -3.07. The molecule has 0 aliphatic carbocycles. The van der Waals surface area contributed by atoms with E-state index < -0.39 is 0 Å². The van der Waals surface area contributed by atoms with E-state index in [1.807, 2.05) is 12.4 Å². The van der Waals surface area contributed by atoms with Gasteiger partial charge in [-0.2, -0.15) is 0 Å². The lowest BCUT2D eigenvalue weighted by Gasteiger charge is -2.31. The molecular weight excluding hydrogens is 439 g/mol. The highest BCUT2D eigenvalue weighted by Crippen LogP contribution is 2.31. The van der Waals surface area contributed by atoms with E-state index in [2.05, 4.69) is 39.0 Å². The maximum Gasteiger partial charge on any atom is 0.260 e. The number of thiophene rings is 1. The van der Waals surface area contributed by atoms with Crippen molar-refractivity contribution in [3.8, 4) is 11.1 Å². The predicted molar refractivity (Wildman–Crippen MR) is 130 cm³/mol. The van der Waals surface area contributed by atoms with Crippen molar-refractivity contribution >= 4 is 27.2 Å². The van der Waals surface area contributed by atoms with Gasteiger partial charge in [-0.25, -0.2) is 9.37 Å². The van der Waals surface area contributed by atoms with Crippen LogP contribution in [0.4, 0.5) is 10.1 Å². The van der Waals surface area contributed by atoms with Crippen molar-refractivity contribution in [1.29, 1.82) is 0 Å². The molecule has 1 N–H and O–H groups in total. The number of nitrogens with one attached hydrogen (secondary N) is 1. The number of halogens is 1. The van der Waals surface area contributed by atoms with Crippen molar-refractivity contribution in [2.75, 3.05) is 38.3 Å². The van der Waals surface area contributed by atoms with Crippen LogP contribution in [0.3, 0.4) is 0 Å². The first-order valence-corrected chi connectivity index (χ1v) is 11.8. The molecule has 8 heteroatoms. The molecule has 1 aliphatic heterocycles. The summed E-state index contributed by atoms with van der Waals surface area (Å²) < 4.78 is 18.8. The number of rotatable bonds is 6. The summed E-state index contributed by atoms with van der Waals surface area (Å²) in [6.07, 6.45) is 0. The van der Waals surface area contributed by atoms with E-state index in [-0.39, 0.29) is 11.4 Å². The minimum atomic E-state index is -0.300. The van der Waals surface area contributed by atoms with Gasteiger partial charge in [0, 0.05) is 36.3 Å². The van der Waals surface area contributed by atoms with Crippen molar-refractivity contribution in [3.63, 3.8) is 0 Å². The fourth-order valence-electron chi connectivity index (χ4n) is 4.27. The first kappa shape index (κ1) is 21.8. The number of morpholine rings is 1. The Bertz CT molecular complexity index is 1310. The molecule has 6 nitrogen and oxygen atoms in total. The van der Waals surface area contributed by atoms with Crippen LogP contribution < -0.4 is 10.5 Å². The third-order valence-electron chi connectivity index (χ3n) is 5.85. The first-order valence-electron chi connectivity index (χ1n) is 10.9. The maximum atomic E-state index is 13.3. The summed E-state index contributed by atoms with van der Waals surface area (Å²) in [5.74, 6) is 0.331. The molecule has 0 spiro atoms. The van der Waals surface area contributed by atoms with E-state index >= 15 is 0 Å². The number of anilines is 1. The lowest BCUT2D eigenvalue weighted by atomic mass is 10.1. The largest absolute Gasteiger partial charge is 0.378 e. The van der Waals surface area contributed by atoms with Crippen LogP contribution >= 0.6 is 11.3 Å². The molecule has 170 valence electrons. The SMILES string of the molecule is CN(Cc1nc2scc(-c3ccc(F)cc3)c2c(=O)[nH]1)Cc1ccccc1N1CCOCC1. The normalized spacial score (nSPS) is 14.3. The van der Waals surface area contributed by atoms with Crippen LogP contribution in [0.2, 0.25) is 0 Å². The van der Waals surface area contributed by atoms with Crippen LogP contribution in [-0.2, 0) is 17.8 Å². The van der Waals surface area contributed by atoms with Gasteiger partial charge in [0.2, 0.25) is 0 Å². The molecule has 0 atom stereocenters. The molecule has 0 bridgehead atoms. The molecule has 0 unspecified atom stereocenters. The first-order chi connectivity index (χ1) is 16.1. The monoisotopic (exact) mass is 464 g/mol. The Labute approximate surface area is 195 Å². The van der Waals surface area contributed by atoms with Crippen LogP contribution in [0.1, 0.15) is 11.4 Å². The molecule has 1 aliphatic rings. The van der Waals surface area contributed by atoms with Crippen LogP contribution in [0.5, 0.6) is 0 Å². The smallest absolute Gasteiger partial charge is 0.260 e. The van der Waals surface area contributed by atoms with Gasteiger partial charge in [0.05, 0.1) is 25.1 Å². The van der Waals surface area contributed by atoms with E-state index in [0.717, 1.165) is 44.0 Å². The summed E-state index contributed by atoms with van der Waals surface area (Å²) in [7, 11) is 2.03. The number of para-hydroxylation sites is 1. The van der Waals surface area contributed by atoms with Crippen LogP contribution in [0, 0.1) is 5.82 Å². The summed E-state index contributed by atoms with van der Waals surface area (Å²) in [6, 6.07) is 14.6. The number of aromatic nitrogens is 2.